The topological polar surface area (TPSA) is 95.1 Å². The van der Waals surface area contributed by atoms with Crippen LogP contribution in [-0.4, -0.2) is 28.0 Å². The number of anilines is 1. The first-order valence-electron chi connectivity index (χ1n) is 5.85. The third-order valence-electron chi connectivity index (χ3n) is 2.54. The third-order valence-corrected chi connectivity index (χ3v) is 2.54. The number of benzene rings is 1. The number of carbonyl (C=O) groups is 1. The standard InChI is InChI=1S/C12H14FN5O2/c1-20-11-4-8(13)2-3-10(11)15-12(19)7-18-6-9(5-14)16-17-18/h2-4,6H,5,7,14H2,1H3,(H,15,19). The fourth-order valence-electron chi connectivity index (χ4n) is 1.61. The van der Waals surface area contributed by atoms with Crippen molar-refractivity contribution in [3.8, 4) is 5.75 Å². The summed E-state index contributed by atoms with van der Waals surface area (Å²) >= 11 is 0. The first kappa shape index (κ1) is 13.9. The van der Waals surface area contributed by atoms with E-state index in [1.807, 2.05) is 0 Å². The number of aromatic nitrogens is 3. The smallest absolute Gasteiger partial charge is 0.246 e. The monoisotopic (exact) mass is 279 g/mol. The van der Waals surface area contributed by atoms with E-state index < -0.39 is 5.82 Å². The largest absolute Gasteiger partial charge is 0.494 e. The Labute approximate surface area is 114 Å². The Kier molecular flexibility index (Phi) is 4.26. The van der Waals surface area contributed by atoms with E-state index in [0.717, 1.165) is 0 Å². The van der Waals surface area contributed by atoms with Gasteiger partial charge < -0.3 is 15.8 Å². The van der Waals surface area contributed by atoms with Gasteiger partial charge in [-0.3, -0.25) is 4.79 Å². The highest BCUT2D eigenvalue weighted by Gasteiger charge is 2.10. The third kappa shape index (κ3) is 3.29. The van der Waals surface area contributed by atoms with E-state index in [9.17, 15) is 9.18 Å². The number of methoxy groups -OCH3 is 1. The van der Waals surface area contributed by atoms with E-state index in [2.05, 4.69) is 15.6 Å². The molecule has 0 spiro atoms. The molecule has 0 atom stereocenters. The molecule has 7 nitrogen and oxygen atoms in total. The summed E-state index contributed by atoms with van der Waals surface area (Å²) < 4.78 is 19.4. The number of rotatable bonds is 5. The van der Waals surface area contributed by atoms with Crippen molar-refractivity contribution >= 4 is 11.6 Å². The molecule has 1 heterocycles. The number of carbonyl (C=O) groups excluding carboxylic acids is 1. The summed E-state index contributed by atoms with van der Waals surface area (Å²) in [5.74, 6) is -0.522. The number of hydrogen-bond acceptors (Lipinski definition) is 5. The number of nitrogens with one attached hydrogen (secondary N) is 1. The lowest BCUT2D eigenvalue weighted by Gasteiger charge is -2.09. The number of nitrogens with zero attached hydrogens (tertiary/aromatic N) is 3. The predicted molar refractivity (Wildman–Crippen MR) is 69.5 cm³/mol. The summed E-state index contributed by atoms with van der Waals surface area (Å²) in [6, 6.07) is 3.86. The average molecular weight is 279 g/mol. The fourth-order valence-corrected chi connectivity index (χ4v) is 1.61. The highest BCUT2D eigenvalue weighted by atomic mass is 19.1. The van der Waals surface area contributed by atoms with Gasteiger partial charge in [0.05, 0.1) is 24.7 Å². The number of halogens is 1. The highest BCUT2D eigenvalue weighted by molar-refractivity contribution is 5.92. The van der Waals surface area contributed by atoms with Crippen molar-refractivity contribution in [2.75, 3.05) is 12.4 Å². The van der Waals surface area contributed by atoms with Gasteiger partial charge in [-0.25, -0.2) is 9.07 Å². The second-order valence-electron chi connectivity index (χ2n) is 4.00. The second kappa shape index (κ2) is 6.11. The molecule has 2 aromatic rings. The van der Waals surface area contributed by atoms with Gasteiger partial charge in [0.15, 0.2) is 0 Å². The molecule has 1 amide bonds. The molecule has 3 N–H and O–H groups in total. The van der Waals surface area contributed by atoms with E-state index in [1.165, 1.54) is 30.0 Å². The summed E-state index contributed by atoms with van der Waals surface area (Å²) in [6.07, 6.45) is 1.58. The van der Waals surface area contributed by atoms with E-state index in [1.54, 1.807) is 6.20 Å². The summed E-state index contributed by atoms with van der Waals surface area (Å²) in [7, 11) is 1.40. The van der Waals surface area contributed by atoms with Crippen molar-refractivity contribution in [2.45, 2.75) is 13.1 Å². The molecule has 20 heavy (non-hydrogen) atoms. The van der Waals surface area contributed by atoms with E-state index >= 15 is 0 Å². The molecule has 0 aliphatic rings. The molecular weight excluding hydrogens is 265 g/mol. The van der Waals surface area contributed by atoms with Gasteiger partial charge in [0.25, 0.3) is 0 Å². The van der Waals surface area contributed by atoms with E-state index in [-0.39, 0.29) is 24.7 Å². The van der Waals surface area contributed by atoms with Crippen molar-refractivity contribution in [3.63, 3.8) is 0 Å². The molecule has 0 fully saturated rings. The molecule has 2 rings (SSSR count). The van der Waals surface area contributed by atoms with E-state index in [0.29, 0.717) is 11.4 Å². The number of hydrogen-bond donors (Lipinski definition) is 2. The summed E-state index contributed by atoms with van der Waals surface area (Å²) in [5.41, 5.74) is 6.38. The Hall–Kier alpha value is -2.48. The Bertz CT molecular complexity index is 614. The summed E-state index contributed by atoms with van der Waals surface area (Å²) in [5, 5.41) is 10.1. The van der Waals surface area contributed by atoms with Crippen LogP contribution in [0, 0.1) is 5.82 Å². The number of ether oxygens (including phenoxy) is 1. The van der Waals surface area contributed by atoms with Crippen molar-refractivity contribution in [1.29, 1.82) is 0 Å². The molecule has 1 aromatic carbocycles. The number of amides is 1. The summed E-state index contributed by atoms with van der Waals surface area (Å²) in [4.78, 5) is 11.9. The predicted octanol–water partition coefficient (Wildman–Crippen LogP) is 0.523. The van der Waals surface area contributed by atoms with Gasteiger partial charge in [-0.2, -0.15) is 0 Å². The van der Waals surface area contributed by atoms with Crippen LogP contribution in [0.1, 0.15) is 5.69 Å². The van der Waals surface area contributed by atoms with Crippen LogP contribution < -0.4 is 15.8 Å². The van der Waals surface area contributed by atoms with Crippen LogP contribution in [0.2, 0.25) is 0 Å². The molecule has 8 heteroatoms. The van der Waals surface area contributed by atoms with Gasteiger partial charge in [0, 0.05) is 12.6 Å². The molecule has 1 aromatic heterocycles. The molecular formula is C12H14FN5O2. The van der Waals surface area contributed by atoms with Crippen LogP contribution in [0.5, 0.6) is 5.75 Å². The van der Waals surface area contributed by atoms with Crippen molar-refractivity contribution in [1.82, 2.24) is 15.0 Å². The molecule has 0 unspecified atom stereocenters. The minimum absolute atomic E-state index is 0.0203. The lowest BCUT2D eigenvalue weighted by atomic mass is 10.3. The lowest BCUT2D eigenvalue weighted by Crippen LogP contribution is -2.19. The normalized spacial score (nSPS) is 10.3. The van der Waals surface area contributed by atoms with Gasteiger partial charge >= 0.3 is 0 Å². The summed E-state index contributed by atoms with van der Waals surface area (Å²) in [6.45, 7) is 0.237. The average Bonchev–Trinajstić information content (AvgIpc) is 2.88. The van der Waals surface area contributed by atoms with Gasteiger partial charge in [-0.1, -0.05) is 5.21 Å². The maximum absolute atomic E-state index is 13.0. The zero-order valence-electron chi connectivity index (χ0n) is 10.8. The molecule has 0 aliphatic heterocycles. The Morgan fingerprint density at radius 2 is 2.35 bits per heavy atom. The minimum Gasteiger partial charge on any atom is -0.494 e. The van der Waals surface area contributed by atoms with Crippen LogP contribution in [-0.2, 0) is 17.9 Å². The highest BCUT2D eigenvalue weighted by Crippen LogP contribution is 2.24. The Balaban J connectivity index is 2.04. The molecule has 0 saturated heterocycles. The Morgan fingerprint density at radius 1 is 1.55 bits per heavy atom. The zero-order valence-corrected chi connectivity index (χ0v) is 10.8. The molecule has 0 radical (unpaired) electrons. The molecule has 0 aliphatic carbocycles. The van der Waals surface area contributed by atoms with Crippen molar-refractivity contribution in [3.05, 3.63) is 35.9 Å². The van der Waals surface area contributed by atoms with Gasteiger partial charge in [-0.15, -0.1) is 5.10 Å². The van der Waals surface area contributed by atoms with Crippen molar-refractivity contribution < 1.29 is 13.9 Å². The van der Waals surface area contributed by atoms with Crippen LogP contribution in [0.15, 0.2) is 24.4 Å². The first-order valence-corrected chi connectivity index (χ1v) is 5.85. The van der Waals surface area contributed by atoms with Gasteiger partial charge in [-0.05, 0) is 12.1 Å². The van der Waals surface area contributed by atoms with E-state index in [4.69, 9.17) is 10.5 Å². The van der Waals surface area contributed by atoms with Crippen LogP contribution >= 0.6 is 0 Å². The van der Waals surface area contributed by atoms with Gasteiger partial charge in [0.1, 0.15) is 18.1 Å². The quantitative estimate of drug-likeness (QED) is 0.832. The SMILES string of the molecule is COc1cc(F)ccc1NC(=O)Cn1cc(CN)nn1. The maximum atomic E-state index is 13.0. The Morgan fingerprint density at radius 3 is 3.00 bits per heavy atom. The molecule has 0 saturated carbocycles. The van der Waals surface area contributed by atoms with Crippen LogP contribution in [0.3, 0.4) is 0 Å². The maximum Gasteiger partial charge on any atom is 0.246 e. The van der Waals surface area contributed by atoms with Gasteiger partial charge in [0.2, 0.25) is 5.91 Å². The van der Waals surface area contributed by atoms with Crippen molar-refractivity contribution in [2.24, 2.45) is 5.73 Å². The molecule has 106 valence electrons. The molecule has 0 bridgehead atoms. The number of nitrogens with two attached hydrogens (primary N) is 1. The first-order chi connectivity index (χ1) is 9.62. The second-order valence-corrected chi connectivity index (χ2v) is 4.00. The fraction of sp³-hybridized carbons (Fsp3) is 0.250. The minimum atomic E-state index is -0.441. The lowest BCUT2D eigenvalue weighted by molar-refractivity contribution is -0.116. The zero-order chi connectivity index (χ0) is 14.5. The van der Waals surface area contributed by atoms with Crippen LogP contribution in [0.4, 0.5) is 10.1 Å². The van der Waals surface area contributed by atoms with Crippen LogP contribution in [0.25, 0.3) is 0 Å².